The number of carbonyl (C=O) groups excluding carboxylic acids is 1. The van der Waals surface area contributed by atoms with Crippen LogP contribution in [0.2, 0.25) is 0 Å². The lowest BCUT2D eigenvalue weighted by Gasteiger charge is -1.93. The van der Waals surface area contributed by atoms with Gasteiger partial charge in [-0.3, -0.25) is 4.79 Å². The number of aliphatic hydroxyl groups excluding tert-OH is 1. The quantitative estimate of drug-likeness (QED) is 0.672. The minimum absolute atomic E-state index is 0.240. The van der Waals surface area contributed by atoms with Crippen molar-refractivity contribution < 1.29 is 9.90 Å². The largest absolute Gasteiger partial charge is 0.396 e. The molecule has 0 aliphatic carbocycles. The first kappa shape index (κ1) is 14.9. The van der Waals surface area contributed by atoms with E-state index < -0.39 is 0 Å². The lowest BCUT2D eigenvalue weighted by atomic mass is 10.2. The highest BCUT2D eigenvalue weighted by Crippen LogP contribution is 1.99. The number of allylic oxidation sites excluding steroid dienone is 1. The van der Waals surface area contributed by atoms with Gasteiger partial charge in [0.05, 0.1) is 0 Å². The Morgan fingerprint density at radius 2 is 1.47 bits per heavy atom. The van der Waals surface area contributed by atoms with Gasteiger partial charge in [0, 0.05) is 6.61 Å². The van der Waals surface area contributed by atoms with Crippen LogP contribution in [0, 0.1) is 0 Å². The van der Waals surface area contributed by atoms with Gasteiger partial charge in [-0.1, -0.05) is 66.7 Å². The van der Waals surface area contributed by atoms with Crippen molar-refractivity contribution in [1.29, 1.82) is 0 Å². The summed E-state index contributed by atoms with van der Waals surface area (Å²) in [4.78, 5) is 9.89. The van der Waals surface area contributed by atoms with Crippen LogP contribution in [0.1, 0.15) is 11.1 Å². The summed E-state index contributed by atoms with van der Waals surface area (Å²) in [5, 5.41) is 8.52. The highest BCUT2D eigenvalue weighted by atomic mass is 16.2. The first-order valence-corrected chi connectivity index (χ1v) is 6.18. The Bertz CT molecular complexity index is 475. The third-order valence-electron chi connectivity index (χ3n) is 2.41. The molecule has 0 aliphatic heterocycles. The maximum absolute atomic E-state index is 9.89. The zero-order chi connectivity index (χ0) is 13.8. The van der Waals surface area contributed by atoms with Gasteiger partial charge in [0.15, 0.2) is 0 Å². The van der Waals surface area contributed by atoms with Crippen LogP contribution in [0.3, 0.4) is 0 Å². The number of carbonyl (C=O) groups is 1. The summed E-state index contributed by atoms with van der Waals surface area (Å²) in [6.45, 7) is 0.240. The average Bonchev–Trinajstić information content (AvgIpc) is 2.48. The van der Waals surface area contributed by atoms with Crippen molar-refractivity contribution in [3.8, 4) is 0 Å². The minimum atomic E-state index is 0.240. The van der Waals surface area contributed by atoms with Crippen molar-refractivity contribution >= 4 is 12.4 Å². The number of aldehydes is 1. The molecule has 98 valence electrons. The molecule has 0 amide bonds. The maximum atomic E-state index is 9.89. The minimum Gasteiger partial charge on any atom is -0.396 e. The highest BCUT2D eigenvalue weighted by Gasteiger charge is 1.85. The number of aliphatic hydroxyl groups is 1. The molecule has 0 fully saturated rings. The van der Waals surface area contributed by atoms with Gasteiger partial charge in [-0.25, -0.2) is 0 Å². The molecule has 0 aliphatic rings. The van der Waals surface area contributed by atoms with Gasteiger partial charge in [0.2, 0.25) is 0 Å². The van der Waals surface area contributed by atoms with E-state index in [1.54, 1.807) is 6.08 Å². The average molecular weight is 254 g/mol. The van der Waals surface area contributed by atoms with Crippen molar-refractivity contribution in [2.24, 2.45) is 0 Å². The van der Waals surface area contributed by atoms with E-state index in [4.69, 9.17) is 5.11 Å². The van der Waals surface area contributed by atoms with Crippen LogP contribution in [0.4, 0.5) is 0 Å². The second kappa shape index (κ2) is 9.80. The van der Waals surface area contributed by atoms with Crippen molar-refractivity contribution in [1.82, 2.24) is 0 Å². The first-order valence-electron chi connectivity index (χ1n) is 6.18. The normalized spacial score (nSPS) is 9.74. The second-order valence-corrected chi connectivity index (χ2v) is 3.87. The topological polar surface area (TPSA) is 37.3 Å². The summed E-state index contributed by atoms with van der Waals surface area (Å²) in [6, 6.07) is 19.6. The molecule has 2 aromatic rings. The Kier molecular flexibility index (Phi) is 7.67. The fraction of sp³-hybridized carbons (Fsp3) is 0.118. The summed E-state index contributed by atoms with van der Waals surface area (Å²) in [5.74, 6) is 0. The molecule has 0 aromatic heterocycles. The molecule has 0 saturated heterocycles. The number of rotatable bonds is 4. The van der Waals surface area contributed by atoms with Crippen LogP contribution in [0.5, 0.6) is 0 Å². The van der Waals surface area contributed by atoms with Crippen LogP contribution in [0.15, 0.2) is 66.7 Å². The molecule has 0 bridgehead atoms. The number of benzene rings is 2. The van der Waals surface area contributed by atoms with Gasteiger partial charge in [0.1, 0.15) is 6.29 Å². The standard InChI is InChI=1S/C9H8O.C8H10O/c10-8-4-7-9-5-2-1-3-6-9;9-7-6-8-4-2-1-3-5-8/h1-8H;1-5,9H,6-7H2. The zero-order valence-electron chi connectivity index (χ0n) is 10.8. The molecule has 2 nitrogen and oxygen atoms in total. The molecule has 2 rings (SSSR count). The molecule has 0 heterocycles. The van der Waals surface area contributed by atoms with Gasteiger partial charge in [-0.2, -0.15) is 0 Å². The SMILES string of the molecule is O=CC=Cc1ccccc1.OCCc1ccccc1. The molecule has 1 N–H and O–H groups in total. The summed E-state index contributed by atoms with van der Waals surface area (Å²) in [6.07, 6.45) is 4.79. The van der Waals surface area contributed by atoms with Crippen LogP contribution in [-0.4, -0.2) is 18.0 Å². The van der Waals surface area contributed by atoms with E-state index >= 15 is 0 Å². The molecular formula is C17H18O2. The summed E-state index contributed by atoms with van der Waals surface area (Å²) in [7, 11) is 0. The molecule has 2 aromatic carbocycles. The fourth-order valence-corrected chi connectivity index (χ4v) is 1.49. The van der Waals surface area contributed by atoms with Gasteiger partial charge in [-0.05, 0) is 23.6 Å². The molecular weight excluding hydrogens is 236 g/mol. The monoisotopic (exact) mass is 254 g/mol. The predicted octanol–water partition coefficient (Wildman–Crippen LogP) is 3.12. The van der Waals surface area contributed by atoms with E-state index in [0.717, 1.165) is 18.3 Å². The molecule has 0 spiro atoms. The Hall–Kier alpha value is -2.19. The van der Waals surface area contributed by atoms with E-state index in [1.807, 2.05) is 60.7 Å². The Labute approximate surface area is 114 Å². The predicted molar refractivity (Wildman–Crippen MR) is 78.8 cm³/mol. The number of hydrogen-bond acceptors (Lipinski definition) is 2. The Morgan fingerprint density at radius 3 is 2.00 bits per heavy atom. The van der Waals surface area contributed by atoms with Crippen LogP contribution in [-0.2, 0) is 11.2 Å². The third kappa shape index (κ3) is 6.96. The molecule has 0 saturated carbocycles. The van der Waals surface area contributed by atoms with E-state index in [2.05, 4.69) is 0 Å². The summed E-state index contributed by atoms with van der Waals surface area (Å²) >= 11 is 0. The summed E-state index contributed by atoms with van der Waals surface area (Å²) in [5.41, 5.74) is 2.24. The molecule has 2 heteroatoms. The van der Waals surface area contributed by atoms with Gasteiger partial charge < -0.3 is 5.11 Å². The van der Waals surface area contributed by atoms with E-state index in [-0.39, 0.29) is 6.61 Å². The van der Waals surface area contributed by atoms with Crippen LogP contribution < -0.4 is 0 Å². The lowest BCUT2D eigenvalue weighted by Crippen LogP contribution is -1.88. The zero-order valence-corrected chi connectivity index (χ0v) is 10.8. The fourth-order valence-electron chi connectivity index (χ4n) is 1.49. The summed E-state index contributed by atoms with van der Waals surface area (Å²) < 4.78 is 0. The van der Waals surface area contributed by atoms with Crippen molar-refractivity contribution in [2.75, 3.05) is 6.61 Å². The van der Waals surface area contributed by atoms with Crippen molar-refractivity contribution in [2.45, 2.75) is 6.42 Å². The molecule has 0 atom stereocenters. The molecule has 19 heavy (non-hydrogen) atoms. The van der Waals surface area contributed by atoms with Crippen LogP contribution >= 0.6 is 0 Å². The number of hydrogen-bond donors (Lipinski definition) is 1. The van der Waals surface area contributed by atoms with E-state index in [0.29, 0.717) is 0 Å². The molecule has 0 radical (unpaired) electrons. The molecule has 0 unspecified atom stereocenters. The van der Waals surface area contributed by atoms with Gasteiger partial charge in [0.25, 0.3) is 0 Å². The van der Waals surface area contributed by atoms with Gasteiger partial charge in [-0.15, -0.1) is 0 Å². The lowest BCUT2D eigenvalue weighted by molar-refractivity contribution is -0.104. The van der Waals surface area contributed by atoms with E-state index in [1.165, 1.54) is 11.6 Å². The Balaban J connectivity index is 0.000000191. The van der Waals surface area contributed by atoms with Crippen molar-refractivity contribution in [3.63, 3.8) is 0 Å². The van der Waals surface area contributed by atoms with Gasteiger partial charge >= 0.3 is 0 Å². The maximum Gasteiger partial charge on any atom is 0.142 e. The van der Waals surface area contributed by atoms with E-state index in [9.17, 15) is 4.79 Å². The highest BCUT2D eigenvalue weighted by molar-refractivity contribution is 5.73. The first-order chi connectivity index (χ1) is 9.36. The Morgan fingerprint density at radius 1 is 0.895 bits per heavy atom. The second-order valence-electron chi connectivity index (χ2n) is 3.87. The van der Waals surface area contributed by atoms with Crippen molar-refractivity contribution in [3.05, 3.63) is 77.9 Å². The third-order valence-corrected chi connectivity index (χ3v) is 2.41. The smallest absolute Gasteiger partial charge is 0.142 e. The van der Waals surface area contributed by atoms with Crippen LogP contribution in [0.25, 0.3) is 6.08 Å².